The molecule has 5 rings (SSSR count). The quantitative estimate of drug-likeness (QED) is 0.706. The van der Waals surface area contributed by atoms with Crippen LogP contribution in [0.5, 0.6) is 0 Å². The summed E-state index contributed by atoms with van der Waals surface area (Å²) in [6.07, 6.45) is 1.79. The molecule has 0 unspecified atom stereocenters. The highest BCUT2D eigenvalue weighted by atomic mass is 16.1. The summed E-state index contributed by atoms with van der Waals surface area (Å²) in [6, 6.07) is 16.2. The van der Waals surface area contributed by atoms with Gasteiger partial charge in [-0.2, -0.15) is 10.1 Å². The molecule has 1 spiro atoms. The van der Waals surface area contributed by atoms with Crippen LogP contribution in [-0.4, -0.2) is 39.8 Å². The van der Waals surface area contributed by atoms with E-state index < -0.39 is 0 Å². The maximum atomic E-state index is 13.0. The largest absolute Gasteiger partial charge is 0.360 e. The number of fused-ring (bicyclic) bond motifs is 4. The average Bonchev–Trinajstić information content (AvgIpc) is 2.76. The van der Waals surface area contributed by atoms with Crippen LogP contribution >= 0.6 is 0 Å². The molecule has 154 valence electrons. The molecule has 0 bridgehead atoms. The second-order valence-corrected chi connectivity index (χ2v) is 8.78. The molecule has 2 aliphatic heterocycles. The predicted octanol–water partition coefficient (Wildman–Crippen LogP) is 3.90. The molecule has 3 heterocycles. The molecule has 6 nitrogen and oxygen atoms in total. The van der Waals surface area contributed by atoms with Gasteiger partial charge in [0, 0.05) is 42.7 Å². The fourth-order valence-corrected chi connectivity index (χ4v) is 4.48. The maximum absolute atomic E-state index is 13.0. The summed E-state index contributed by atoms with van der Waals surface area (Å²) in [5.74, 6) is 1.10. The topological polar surface area (TPSA) is 63.1 Å². The molecule has 1 fully saturated rings. The number of piperidine rings is 1. The average molecular weight is 402 g/mol. The molecular formula is C24H27N5O. The lowest BCUT2D eigenvalue weighted by Gasteiger charge is -2.46. The number of para-hydroxylation sites is 1. The predicted molar refractivity (Wildman–Crippen MR) is 120 cm³/mol. The highest BCUT2D eigenvalue weighted by molar-refractivity contribution is 5.76. The summed E-state index contributed by atoms with van der Waals surface area (Å²) >= 11 is 0. The smallest absolute Gasteiger partial charge is 0.300 e. The van der Waals surface area contributed by atoms with Crippen molar-refractivity contribution in [3.05, 3.63) is 64.4 Å². The summed E-state index contributed by atoms with van der Waals surface area (Å²) in [5, 5.41) is 8.66. The minimum absolute atomic E-state index is 0.279. The Morgan fingerprint density at radius 2 is 1.73 bits per heavy atom. The number of anilines is 1. The van der Waals surface area contributed by atoms with E-state index in [0.29, 0.717) is 17.4 Å². The Kier molecular flexibility index (Phi) is 4.47. The van der Waals surface area contributed by atoms with Gasteiger partial charge in [0.05, 0.1) is 0 Å². The lowest BCUT2D eigenvalue weighted by Crippen LogP contribution is -2.53. The van der Waals surface area contributed by atoms with Crippen molar-refractivity contribution < 1.29 is 0 Å². The van der Waals surface area contributed by atoms with Crippen LogP contribution in [0, 0.1) is 0 Å². The second kappa shape index (κ2) is 7.06. The molecule has 6 heteroatoms. The lowest BCUT2D eigenvalue weighted by atomic mass is 9.93. The van der Waals surface area contributed by atoms with Crippen LogP contribution in [0.25, 0.3) is 22.6 Å². The third kappa shape index (κ3) is 3.03. The van der Waals surface area contributed by atoms with E-state index in [4.69, 9.17) is 5.10 Å². The number of benzene rings is 2. The minimum Gasteiger partial charge on any atom is -0.360 e. The molecule has 0 saturated carbocycles. The van der Waals surface area contributed by atoms with Gasteiger partial charge in [0.15, 0.2) is 11.5 Å². The summed E-state index contributed by atoms with van der Waals surface area (Å²) in [5.41, 5.74) is 3.76. The van der Waals surface area contributed by atoms with Gasteiger partial charge in [0.25, 0.3) is 5.56 Å². The van der Waals surface area contributed by atoms with Crippen LogP contribution in [0.1, 0.15) is 38.2 Å². The van der Waals surface area contributed by atoms with E-state index in [1.54, 1.807) is 0 Å². The summed E-state index contributed by atoms with van der Waals surface area (Å²) in [4.78, 5) is 19.9. The van der Waals surface area contributed by atoms with Crippen molar-refractivity contribution in [1.82, 2.24) is 19.7 Å². The number of nitrogens with zero attached hydrogens (tertiary/aromatic N) is 4. The van der Waals surface area contributed by atoms with Gasteiger partial charge in [0.1, 0.15) is 5.66 Å². The molecule has 2 aliphatic rings. The van der Waals surface area contributed by atoms with Crippen molar-refractivity contribution in [2.45, 2.75) is 38.3 Å². The van der Waals surface area contributed by atoms with Gasteiger partial charge in [-0.25, -0.2) is 4.68 Å². The zero-order valence-electron chi connectivity index (χ0n) is 17.7. The van der Waals surface area contributed by atoms with Crippen LogP contribution in [0.15, 0.2) is 53.3 Å². The standard InChI is InChI=1S/C24H27N5O/c1-16(2)17-8-10-18(11-9-17)21-23(30)25-22-19-6-4-5-7-20(19)26-24(29(22)27-21)12-14-28(3)15-13-24/h4-11,16,26H,12-15H2,1-3H3. The van der Waals surface area contributed by atoms with Crippen molar-refractivity contribution >= 4 is 5.69 Å². The minimum atomic E-state index is -0.372. The molecule has 0 atom stereocenters. The molecule has 1 aromatic heterocycles. The first-order valence-electron chi connectivity index (χ1n) is 10.7. The third-order valence-corrected chi connectivity index (χ3v) is 6.42. The second-order valence-electron chi connectivity index (χ2n) is 8.78. The number of likely N-dealkylation sites (tertiary alicyclic amines) is 1. The van der Waals surface area contributed by atoms with Gasteiger partial charge < -0.3 is 10.2 Å². The Morgan fingerprint density at radius 1 is 1.03 bits per heavy atom. The van der Waals surface area contributed by atoms with E-state index in [1.165, 1.54) is 5.56 Å². The Bertz CT molecular complexity index is 1140. The molecule has 0 radical (unpaired) electrons. The van der Waals surface area contributed by atoms with Crippen molar-refractivity contribution in [3.63, 3.8) is 0 Å². The number of hydrogen-bond acceptors (Lipinski definition) is 5. The molecule has 1 saturated heterocycles. The number of rotatable bonds is 2. The summed E-state index contributed by atoms with van der Waals surface area (Å²) < 4.78 is 1.98. The van der Waals surface area contributed by atoms with Gasteiger partial charge in [-0.15, -0.1) is 0 Å². The zero-order valence-corrected chi connectivity index (χ0v) is 17.7. The Labute approximate surface area is 176 Å². The highest BCUT2D eigenvalue weighted by Crippen LogP contribution is 2.41. The van der Waals surface area contributed by atoms with Crippen molar-refractivity contribution in [3.8, 4) is 22.6 Å². The van der Waals surface area contributed by atoms with Crippen LogP contribution in [0.2, 0.25) is 0 Å². The first-order valence-corrected chi connectivity index (χ1v) is 10.7. The lowest BCUT2D eigenvalue weighted by molar-refractivity contribution is 0.137. The maximum Gasteiger partial charge on any atom is 0.300 e. The summed E-state index contributed by atoms with van der Waals surface area (Å²) in [6.45, 7) is 6.24. The van der Waals surface area contributed by atoms with E-state index in [0.717, 1.165) is 42.7 Å². The molecular weight excluding hydrogens is 374 g/mol. The number of aromatic nitrogens is 3. The van der Waals surface area contributed by atoms with E-state index in [2.05, 4.69) is 54.3 Å². The van der Waals surface area contributed by atoms with Gasteiger partial charge in [-0.3, -0.25) is 4.79 Å². The fourth-order valence-electron chi connectivity index (χ4n) is 4.48. The molecule has 1 N–H and O–H groups in total. The van der Waals surface area contributed by atoms with Gasteiger partial charge >= 0.3 is 0 Å². The van der Waals surface area contributed by atoms with Crippen LogP contribution in [0.3, 0.4) is 0 Å². The SMILES string of the molecule is CC(C)c1ccc(-c2nn3c(nc2=O)-c2ccccc2NC32CCN(C)CC2)cc1. The van der Waals surface area contributed by atoms with Gasteiger partial charge in [-0.1, -0.05) is 50.2 Å². The third-order valence-electron chi connectivity index (χ3n) is 6.42. The molecule has 0 aliphatic carbocycles. The van der Waals surface area contributed by atoms with E-state index in [1.807, 2.05) is 35.0 Å². The molecule has 0 amide bonds. The summed E-state index contributed by atoms with van der Waals surface area (Å²) in [7, 11) is 2.14. The van der Waals surface area contributed by atoms with E-state index in [9.17, 15) is 4.79 Å². The van der Waals surface area contributed by atoms with Crippen LogP contribution < -0.4 is 10.9 Å². The fraction of sp³-hybridized carbons (Fsp3) is 0.375. The highest BCUT2D eigenvalue weighted by Gasteiger charge is 2.42. The zero-order chi connectivity index (χ0) is 20.9. The first-order chi connectivity index (χ1) is 14.5. The number of nitrogens with one attached hydrogen (secondary N) is 1. The van der Waals surface area contributed by atoms with Crippen LogP contribution in [0.4, 0.5) is 5.69 Å². The molecule has 2 aromatic carbocycles. The number of hydrogen-bond donors (Lipinski definition) is 1. The van der Waals surface area contributed by atoms with Gasteiger partial charge in [0.2, 0.25) is 0 Å². The van der Waals surface area contributed by atoms with Crippen molar-refractivity contribution in [2.24, 2.45) is 0 Å². The Morgan fingerprint density at radius 3 is 2.43 bits per heavy atom. The van der Waals surface area contributed by atoms with Crippen LogP contribution in [-0.2, 0) is 5.66 Å². The Balaban J connectivity index is 1.68. The van der Waals surface area contributed by atoms with E-state index in [-0.39, 0.29) is 11.2 Å². The monoisotopic (exact) mass is 401 g/mol. The first kappa shape index (κ1) is 19.0. The molecule has 3 aromatic rings. The van der Waals surface area contributed by atoms with Crippen molar-refractivity contribution in [1.29, 1.82) is 0 Å². The van der Waals surface area contributed by atoms with Gasteiger partial charge in [-0.05, 0) is 30.7 Å². The Hall–Kier alpha value is -2.99. The molecule has 30 heavy (non-hydrogen) atoms. The van der Waals surface area contributed by atoms with Crippen molar-refractivity contribution in [2.75, 3.05) is 25.5 Å². The normalized spacial score (nSPS) is 17.5. The van der Waals surface area contributed by atoms with E-state index >= 15 is 0 Å².